The lowest BCUT2D eigenvalue weighted by Crippen LogP contribution is -2.40. The Hall–Kier alpha value is -1.00. The van der Waals surface area contributed by atoms with E-state index >= 15 is 0 Å². The van der Waals surface area contributed by atoms with E-state index in [2.05, 4.69) is 49.4 Å². The van der Waals surface area contributed by atoms with E-state index in [1.165, 1.54) is 24.8 Å². The Morgan fingerprint density at radius 2 is 2.20 bits per heavy atom. The molecule has 3 unspecified atom stereocenters. The Morgan fingerprint density at radius 3 is 3.00 bits per heavy atom. The number of aromatic nitrogens is 2. The predicted molar refractivity (Wildman–Crippen MR) is 86.3 cm³/mol. The van der Waals surface area contributed by atoms with Crippen LogP contribution in [-0.2, 0) is 0 Å². The summed E-state index contributed by atoms with van der Waals surface area (Å²) in [6.45, 7) is 4.48. The summed E-state index contributed by atoms with van der Waals surface area (Å²) in [7, 11) is 2.08. The average molecular weight is 289 g/mol. The molecule has 0 bridgehead atoms. The van der Waals surface area contributed by atoms with E-state index < -0.39 is 0 Å². The number of nitrogens with zero attached hydrogens (tertiary/aromatic N) is 1. The van der Waals surface area contributed by atoms with Crippen LogP contribution in [0.2, 0.25) is 0 Å². The van der Waals surface area contributed by atoms with Crippen molar-refractivity contribution in [3.63, 3.8) is 0 Å². The fourth-order valence-corrected chi connectivity index (χ4v) is 4.56. The number of thioether (sulfide) groups is 1. The molecular weight excluding hydrogens is 266 g/mol. The van der Waals surface area contributed by atoms with Gasteiger partial charge in [0.2, 0.25) is 0 Å². The number of fused-ring (bicyclic) bond motifs is 1. The van der Waals surface area contributed by atoms with Gasteiger partial charge in [0.15, 0.2) is 5.16 Å². The van der Waals surface area contributed by atoms with Gasteiger partial charge in [0.1, 0.15) is 0 Å². The van der Waals surface area contributed by atoms with Gasteiger partial charge in [0, 0.05) is 11.3 Å². The lowest BCUT2D eigenvalue weighted by molar-refractivity contribution is 0.329. The van der Waals surface area contributed by atoms with E-state index in [1.54, 1.807) is 0 Å². The number of aromatic amines is 1. The highest BCUT2D eigenvalue weighted by Crippen LogP contribution is 2.35. The van der Waals surface area contributed by atoms with Gasteiger partial charge in [-0.3, -0.25) is 0 Å². The van der Waals surface area contributed by atoms with Crippen LogP contribution >= 0.6 is 11.8 Å². The van der Waals surface area contributed by atoms with E-state index in [-0.39, 0.29) is 0 Å². The second-order valence-corrected chi connectivity index (χ2v) is 7.26. The van der Waals surface area contributed by atoms with Crippen molar-refractivity contribution in [2.45, 2.75) is 49.6 Å². The maximum Gasteiger partial charge on any atom is 0.166 e. The summed E-state index contributed by atoms with van der Waals surface area (Å²) in [5, 5.41) is 5.15. The normalized spacial score (nSPS) is 27.1. The van der Waals surface area contributed by atoms with Gasteiger partial charge >= 0.3 is 0 Å². The molecule has 1 aliphatic rings. The Kier molecular flexibility index (Phi) is 4.03. The molecule has 3 atom stereocenters. The zero-order valence-corrected chi connectivity index (χ0v) is 13.3. The van der Waals surface area contributed by atoms with Gasteiger partial charge in [-0.15, -0.1) is 0 Å². The van der Waals surface area contributed by atoms with Crippen molar-refractivity contribution in [2.75, 3.05) is 7.05 Å². The number of nitrogens with one attached hydrogen (secondary N) is 2. The van der Waals surface area contributed by atoms with Gasteiger partial charge in [-0.25, -0.2) is 4.98 Å². The highest BCUT2D eigenvalue weighted by atomic mass is 32.2. The number of hydrogen-bond acceptors (Lipinski definition) is 3. The SMILES string of the molecule is CNC1CCC(C)CC1Sc1nc2ccc(C)cc2[nH]1. The molecule has 20 heavy (non-hydrogen) atoms. The summed E-state index contributed by atoms with van der Waals surface area (Å²) in [6.07, 6.45) is 3.88. The first-order valence-electron chi connectivity index (χ1n) is 7.46. The summed E-state index contributed by atoms with van der Waals surface area (Å²) in [5.74, 6) is 0.823. The number of rotatable bonds is 3. The molecule has 4 heteroatoms. The van der Waals surface area contributed by atoms with Crippen LogP contribution in [-0.4, -0.2) is 28.3 Å². The lowest BCUT2D eigenvalue weighted by Gasteiger charge is -2.33. The predicted octanol–water partition coefficient (Wildman–Crippen LogP) is 3.74. The molecule has 0 saturated heterocycles. The summed E-state index contributed by atoms with van der Waals surface area (Å²) >= 11 is 1.90. The third kappa shape index (κ3) is 2.86. The number of benzene rings is 1. The largest absolute Gasteiger partial charge is 0.333 e. The Morgan fingerprint density at radius 1 is 1.35 bits per heavy atom. The van der Waals surface area contributed by atoms with Gasteiger partial charge in [-0.1, -0.05) is 24.8 Å². The molecule has 0 radical (unpaired) electrons. The molecule has 1 aromatic heterocycles. The van der Waals surface area contributed by atoms with E-state index in [0.29, 0.717) is 11.3 Å². The van der Waals surface area contributed by atoms with E-state index in [0.717, 1.165) is 22.1 Å². The summed E-state index contributed by atoms with van der Waals surface area (Å²) in [6, 6.07) is 7.00. The molecule has 2 N–H and O–H groups in total. The van der Waals surface area contributed by atoms with Crippen molar-refractivity contribution in [3.05, 3.63) is 23.8 Å². The highest BCUT2D eigenvalue weighted by molar-refractivity contribution is 7.99. The minimum absolute atomic E-state index is 0.603. The zero-order valence-electron chi connectivity index (χ0n) is 12.4. The average Bonchev–Trinajstić information content (AvgIpc) is 2.80. The van der Waals surface area contributed by atoms with Gasteiger partial charge in [0.05, 0.1) is 11.0 Å². The number of H-pyrrole nitrogens is 1. The van der Waals surface area contributed by atoms with Crippen LogP contribution < -0.4 is 5.32 Å². The lowest BCUT2D eigenvalue weighted by atomic mass is 9.87. The second kappa shape index (κ2) is 5.78. The van der Waals surface area contributed by atoms with Gasteiger partial charge < -0.3 is 10.3 Å². The topological polar surface area (TPSA) is 40.7 Å². The van der Waals surface area contributed by atoms with Crippen LogP contribution in [0.25, 0.3) is 11.0 Å². The molecule has 108 valence electrons. The van der Waals surface area contributed by atoms with Crippen LogP contribution in [0.1, 0.15) is 31.7 Å². The first kappa shape index (κ1) is 14.0. The van der Waals surface area contributed by atoms with E-state index in [9.17, 15) is 0 Å². The molecular formula is C16H23N3S. The van der Waals surface area contributed by atoms with Crippen LogP contribution in [0.5, 0.6) is 0 Å². The maximum atomic E-state index is 4.72. The Balaban J connectivity index is 1.80. The Labute approximate surface area is 124 Å². The number of aryl methyl sites for hydroxylation is 1. The molecule has 0 aliphatic heterocycles. The number of imidazole rings is 1. The molecule has 1 saturated carbocycles. The van der Waals surface area contributed by atoms with Crippen molar-refractivity contribution >= 4 is 22.8 Å². The van der Waals surface area contributed by atoms with Crippen molar-refractivity contribution in [1.29, 1.82) is 0 Å². The fraction of sp³-hybridized carbons (Fsp3) is 0.562. The molecule has 0 spiro atoms. The van der Waals surface area contributed by atoms with Crippen LogP contribution in [0, 0.1) is 12.8 Å². The first-order valence-corrected chi connectivity index (χ1v) is 8.34. The third-order valence-corrected chi connectivity index (χ3v) is 5.54. The minimum Gasteiger partial charge on any atom is -0.333 e. The van der Waals surface area contributed by atoms with Crippen LogP contribution in [0.15, 0.2) is 23.4 Å². The molecule has 3 nitrogen and oxygen atoms in total. The molecule has 0 amide bonds. The quantitative estimate of drug-likeness (QED) is 0.904. The monoisotopic (exact) mass is 289 g/mol. The smallest absolute Gasteiger partial charge is 0.166 e. The van der Waals surface area contributed by atoms with Crippen molar-refractivity contribution in [1.82, 2.24) is 15.3 Å². The first-order chi connectivity index (χ1) is 9.65. The minimum atomic E-state index is 0.603. The molecule has 2 aromatic rings. The molecule has 1 aromatic carbocycles. The number of hydrogen-bond donors (Lipinski definition) is 2. The van der Waals surface area contributed by atoms with Crippen LogP contribution in [0.3, 0.4) is 0 Å². The highest BCUT2D eigenvalue weighted by Gasteiger charge is 2.29. The van der Waals surface area contributed by atoms with Crippen molar-refractivity contribution in [2.24, 2.45) is 5.92 Å². The second-order valence-electron chi connectivity index (χ2n) is 6.03. The maximum absolute atomic E-state index is 4.72. The Bertz CT molecular complexity index is 592. The summed E-state index contributed by atoms with van der Waals surface area (Å²) < 4.78 is 0. The third-order valence-electron chi connectivity index (χ3n) is 4.30. The summed E-state index contributed by atoms with van der Waals surface area (Å²) in [5.41, 5.74) is 3.50. The molecule has 1 heterocycles. The van der Waals surface area contributed by atoms with Gasteiger partial charge in [-0.05, 0) is 56.8 Å². The van der Waals surface area contributed by atoms with Gasteiger partial charge in [0.25, 0.3) is 0 Å². The van der Waals surface area contributed by atoms with Crippen LogP contribution in [0.4, 0.5) is 0 Å². The molecule has 1 aliphatic carbocycles. The van der Waals surface area contributed by atoms with E-state index in [4.69, 9.17) is 4.98 Å². The van der Waals surface area contributed by atoms with E-state index in [1.807, 2.05) is 11.8 Å². The standard InChI is InChI=1S/C16H23N3S/c1-10-4-6-12-14(8-10)19-16(18-12)20-15-9-11(2)5-7-13(15)17-3/h4,6,8,11,13,15,17H,5,7,9H2,1-3H3,(H,18,19). The van der Waals surface area contributed by atoms with Gasteiger partial charge in [-0.2, -0.15) is 0 Å². The molecule has 1 fully saturated rings. The summed E-state index contributed by atoms with van der Waals surface area (Å²) in [4.78, 5) is 8.19. The molecule has 3 rings (SSSR count). The van der Waals surface area contributed by atoms with Crippen molar-refractivity contribution in [3.8, 4) is 0 Å². The fourth-order valence-electron chi connectivity index (χ4n) is 3.09. The zero-order chi connectivity index (χ0) is 14.1. The van der Waals surface area contributed by atoms with Crippen molar-refractivity contribution < 1.29 is 0 Å².